The first-order valence-corrected chi connectivity index (χ1v) is 8.33. The molecule has 7 nitrogen and oxygen atoms in total. The van der Waals surface area contributed by atoms with E-state index in [2.05, 4.69) is 4.90 Å². The van der Waals surface area contributed by atoms with Gasteiger partial charge in [0, 0.05) is 44.4 Å². The van der Waals surface area contributed by atoms with E-state index in [0.717, 1.165) is 31.6 Å². The molecule has 1 heterocycles. The van der Waals surface area contributed by atoms with E-state index in [4.69, 9.17) is 4.74 Å². The maximum atomic E-state index is 12.2. The maximum absolute atomic E-state index is 12.2. The number of amides is 1. The highest BCUT2D eigenvalue weighted by molar-refractivity contribution is 5.68. The van der Waals surface area contributed by atoms with Crippen molar-refractivity contribution in [3.63, 3.8) is 0 Å². The zero-order valence-electron chi connectivity index (χ0n) is 14.5. The lowest BCUT2D eigenvalue weighted by molar-refractivity contribution is -0.384. The number of hydrogen-bond donors (Lipinski definition) is 0. The van der Waals surface area contributed by atoms with Gasteiger partial charge in [0.15, 0.2) is 0 Å². The third kappa shape index (κ3) is 4.67. The van der Waals surface area contributed by atoms with Crippen LogP contribution in [-0.2, 0) is 11.3 Å². The number of hydrogen-bond acceptors (Lipinski definition) is 5. The summed E-state index contributed by atoms with van der Waals surface area (Å²) in [6.07, 6.45) is 0.495. The summed E-state index contributed by atoms with van der Waals surface area (Å²) >= 11 is 0. The van der Waals surface area contributed by atoms with E-state index >= 15 is 0 Å². The van der Waals surface area contributed by atoms with E-state index in [1.54, 1.807) is 17.0 Å². The largest absolute Gasteiger partial charge is 0.446 e. The summed E-state index contributed by atoms with van der Waals surface area (Å²) in [5.41, 5.74) is 1.13. The van der Waals surface area contributed by atoms with Crippen LogP contribution < -0.4 is 0 Å². The molecule has 1 fully saturated rings. The van der Waals surface area contributed by atoms with Crippen molar-refractivity contribution in [2.45, 2.75) is 45.9 Å². The van der Waals surface area contributed by atoms with E-state index in [0.29, 0.717) is 6.54 Å². The van der Waals surface area contributed by atoms with Crippen LogP contribution in [0, 0.1) is 10.1 Å². The van der Waals surface area contributed by atoms with E-state index in [-0.39, 0.29) is 23.9 Å². The average Bonchev–Trinajstić information content (AvgIpc) is 2.55. The molecule has 1 aliphatic heterocycles. The second-order valence-electron chi connectivity index (χ2n) is 6.30. The number of nitro benzene ring substituents is 1. The van der Waals surface area contributed by atoms with E-state index in [1.807, 2.05) is 20.8 Å². The predicted molar refractivity (Wildman–Crippen MR) is 90.8 cm³/mol. The lowest BCUT2D eigenvalue weighted by Crippen LogP contribution is -2.54. The molecule has 0 spiro atoms. The lowest BCUT2D eigenvalue weighted by atomic mass is 10.1. The van der Waals surface area contributed by atoms with Gasteiger partial charge in [0.05, 0.1) is 4.92 Å². The minimum absolute atomic E-state index is 0.0668. The molecular formula is C17H25N3O4. The van der Waals surface area contributed by atoms with Crippen LogP contribution in [0.5, 0.6) is 0 Å². The van der Waals surface area contributed by atoms with Crippen LogP contribution in [0.15, 0.2) is 24.3 Å². The Labute approximate surface area is 142 Å². The van der Waals surface area contributed by atoms with Crippen molar-refractivity contribution in [3.8, 4) is 0 Å². The van der Waals surface area contributed by atoms with Gasteiger partial charge in [-0.2, -0.15) is 0 Å². The minimum atomic E-state index is -0.395. The molecule has 0 N–H and O–H groups in total. The molecule has 2 atom stereocenters. The van der Waals surface area contributed by atoms with Gasteiger partial charge in [0.2, 0.25) is 0 Å². The number of nitro groups is 1. The van der Waals surface area contributed by atoms with Gasteiger partial charge in [0.25, 0.3) is 5.69 Å². The van der Waals surface area contributed by atoms with Gasteiger partial charge in [0.1, 0.15) is 6.10 Å². The molecule has 0 aromatic heterocycles. The number of rotatable bonds is 5. The van der Waals surface area contributed by atoms with E-state index in [9.17, 15) is 14.9 Å². The van der Waals surface area contributed by atoms with Gasteiger partial charge in [-0.3, -0.25) is 15.0 Å². The number of carbonyl (C=O) groups is 1. The summed E-state index contributed by atoms with van der Waals surface area (Å²) < 4.78 is 5.40. The second-order valence-corrected chi connectivity index (χ2v) is 6.30. The molecule has 2 rings (SSSR count). The normalized spacial score (nSPS) is 19.8. The molecule has 0 radical (unpaired) electrons. The van der Waals surface area contributed by atoms with Crippen LogP contribution in [0.4, 0.5) is 10.5 Å². The first-order chi connectivity index (χ1) is 11.4. The lowest BCUT2D eigenvalue weighted by Gasteiger charge is -2.39. The summed E-state index contributed by atoms with van der Waals surface area (Å²) in [7, 11) is 0. The molecular weight excluding hydrogens is 310 g/mol. The summed E-state index contributed by atoms with van der Waals surface area (Å²) in [5.74, 6) is 0. The van der Waals surface area contributed by atoms with Crippen molar-refractivity contribution < 1.29 is 14.5 Å². The average molecular weight is 335 g/mol. The zero-order chi connectivity index (χ0) is 17.7. The molecule has 1 aliphatic rings. The molecule has 0 bridgehead atoms. The van der Waals surface area contributed by atoms with Crippen LogP contribution in [-0.4, -0.2) is 52.6 Å². The minimum Gasteiger partial charge on any atom is -0.446 e. The van der Waals surface area contributed by atoms with Gasteiger partial charge < -0.3 is 9.64 Å². The molecule has 1 unspecified atom stereocenters. The third-order valence-electron chi connectivity index (χ3n) is 4.38. The highest BCUT2D eigenvalue weighted by Crippen LogP contribution is 2.17. The van der Waals surface area contributed by atoms with Crippen LogP contribution >= 0.6 is 0 Å². The SMILES string of the molecule is CCC(C)OC(=O)N1CCN(Cc2ccc([N+](=O)[O-])cc2)C[C@@H]1C. The quantitative estimate of drug-likeness (QED) is 0.610. The molecule has 1 amide bonds. The Bertz CT molecular complexity index is 576. The fourth-order valence-electron chi connectivity index (χ4n) is 2.75. The van der Waals surface area contributed by atoms with E-state index < -0.39 is 4.92 Å². The highest BCUT2D eigenvalue weighted by Gasteiger charge is 2.29. The Morgan fingerprint density at radius 3 is 2.58 bits per heavy atom. The van der Waals surface area contributed by atoms with E-state index in [1.165, 1.54) is 12.1 Å². The Balaban J connectivity index is 1.88. The molecule has 1 saturated heterocycles. The molecule has 1 aromatic rings. The first kappa shape index (κ1) is 18.2. The van der Waals surface area contributed by atoms with Crippen LogP contribution in [0.3, 0.4) is 0 Å². The monoisotopic (exact) mass is 335 g/mol. The Kier molecular flexibility index (Phi) is 6.14. The number of nitrogens with zero attached hydrogens (tertiary/aromatic N) is 3. The third-order valence-corrected chi connectivity index (χ3v) is 4.38. The summed E-state index contributed by atoms with van der Waals surface area (Å²) in [4.78, 5) is 26.5. The molecule has 0 aliphatic carbocycles. The first-order valence-electron chi connectivity index (χ1n) is 8.33. The molecule has 0 saturated carbocycles. The van der Waals surface area contributed by atoms with Crippen LogP contribution in [0.1, 0.15) is 32.8 Å². The number of ether oxygens (including phenoxy) is 1. The van der Waals surface area contributed by atoms with Crippen molar-refractivity contribution in [2.24, 2.45) is 0 Å². The summed E-state index contributed by atoms with van der Waals surface area (Å²) in [5, 5.41) is 10.7. The molecule has 132 valence electrons. The smallest absolute Gasteiger partial charge is 0.410 e. The Morgan fingerprint density at radius 2 is 2.04 bits per heavy atom. The second kappa shape index (κ2) is 8.10. The standard InChI is InChI=1S/C17H25N3O4/c1-4-14(3)24-17(21)19-10-9-18(11-13(19)2)12-15-5-7-16(8-6-15)20(22)23/h5-8,13-14H,4,9-12H2,1-3H3/t13-,14?/m0/s1. The number of benzene rings is 1. The zero-order valence-corrected chi connectivity index (χ0v) is 14.5. The van der Waals surface area contributed by atoms with Crippen molar-refractivity contribution >= 4 is 11.8 Å². The number of carbonyl (C=O) groups excluding carboxylic acids is 1. The fraction of sp³-hybridized carbons (Fsp3) is 0.588. The van der Waals surface area contributed by atoms with Crippen molar-refractivity contribution in [3.05, 3.63) is 39.9 Å². The maximum Gasteiger partial charge on any atom is 0.410 e. The van der Waals surface area contributed by atoms with Gasteiger partial charge >= 0.3 is 6.09 Å². The fourth-order valence-corrected chi connectivity index (χ4v) is 2.75. The van der Waals surface area contributed by atoms with Gasteiger partial charge in [-0.15, -0.1) is 0 Å². The van der Waals surface area contributed by atoms with Crippen molar-refractivity contribution in [2.75, 3.05) is 19.6 Å². The highest BCUT2D eigenvalue weighted by atomic mass is 16.6. The van der Waals surface area contributed by atoms with Crippen LogP contribution in [0.2, 0.25) is 0 Å². The molecule has 7 heteroatoms. The van der Waals surface area contributed by atoms with Crippen molar-refractivity contribution in [1.82, 2.24) is 9.80 Å². The summed E-state index contributed by atoms with van der Waals surface area (Å²) in [6, 6.07) is 6.70. The predicted octanol–water partition coefficient (Wildman–Crippen LogP) is 3.04. The number of piperazine rings is 1. The van der Waals surface area contributed by atoms with Gasteiger partial charge in [-0.25, -0.2) is 4.79 Å². The number of non-ortho nitro benzene ring substituents is 1. The molecule has 24 heavy (non-hydrogen) atoms. The van der Waals surface area contributed by atoms with Crippen molar-refractivity contribution in [1.29, 1.82) is 0 Å². The van der Waals surface area contributed by atoms with Gasteiger partial charge in [-0.1, -0.05) is 19.1 Å². The van der Waals surface area contributed by atoms with Crippen LogP contribution in [0.25, 0.3) is 0 Å². The van der Waals surface area contributed by atoms with Gasteiger partial charge in [-0.05, 0) is 25.8 Å². The summed E-state index contributed by atoms with van der Waals surface area (Å²) in [6.45, 7) is 8.76. The topological polar surface area (TPSA) is 75.9 Å². The molecule has 1 aromatic carbocycles. The Hall–Kier alpha value is -2.15. The Morgan fingerprint density at radius 1 is 1.38 bits per heavy atom.